The van der Waals surface area contributed by atoms with E-state index in [0.29, 0.717) is 5.25 Å². The number of hydrogen-bond acceptors (Lipinski definition) is 4. The van der Waals surface area contributed by atoms with Gasteiger partial charge in [0, 0.05) is 12.3 Å². The molecular formula is C12H18BrN3S. The maximum absolute atomic E-state index is 4.37. The molecule has 1 heterocycles. The minimum absolute atomic E-state index is 0.703. The van der Waals surface area contributed by atoms with Gasteiger partial charge in [-0.2, -0.15) is 0 Å². The van der Waals surface area contributed by atoms with Crippen molar-refractivity contribution in [2.75, 3.05) is 12.4 Å². The fourth-order valence-electron chi connectivity index (χ4n) is 2.25. The Morgan fingerprint density at radius 2 is 2.24 bits per heavy atom. The van der Waals surface area contributed by atoms with Gasteiger partial charge in [0.05, 0.1) is 4.47 Å². The zero-order valence-electron chi connectivity index (χ0n) is 10.2. The lowest BCUT2D eigenvalue weighted by molar-refractivity contribution is 0.394. The van der Waals surface area contributed by atoms with E-state index in [9.17, 15) is 0 Å². The van der Waals surface area contributed by atoms with Crippen LogP contribution in [0.3, 0.4) is 0 Å². The highest BCUT2D eigenvalue weighted by Gasteiger charge is 2.21. The molecule has 0 bridgehead atoms. The second kappa shape index (κ2) is 6.05. The number of nitrogens with zero attached hydrogens (tertiary/aromatic N) is 2. The predicted octanol–water partition coefficient (Wildman–Crippen LogP) is 3.95. The third-order valence-corrected chi connectivity index (χ3v) is 5.47. The first-order chi connectivity index (χ1) is 8.20. The first-order valence-electron chi connectivity index (χ1n) is 6.05. The van der Waals surface area contributed by atoms with Crippen LogP contribution < -0.4 is 5.32 Å². The highest BCUT2D eigenvalue weighted by molar-refractivity contribution is 9.10. The quantitative estimate of drug-likeness (QED) is 0.857. The Hall–Kier alpha value is -0.290. The Labute approximate surface area is 115 Å². The highest BCUT2D eigenvalue weighted by atomic mass is 79.9. The summed E-state index contributed by atoms with van der Waals surface area (Å²) in [5, 5.41) is 4.83. The number of aromatic nitrogens is 2. The van der Waals surface area contributed by atoms with E-state index in [1.54, 1.807) is 6.33 Å². The number of halogens is 1. The van der Waals surface area contributed by atoms with Crippen LogP contribution in [-0.2, 0) is 0 Å². The molecule has 2 atom stereocenters. The highest BCUT2D eigenvalue weighted by Crippen LogP contribution is 2.39. The summed E-state index contributed by atoms with van der Waals surface area (Å²) in [5.41, 5.74) is 0. The Morgan fingerprint density at radius 1 is 1.41 bits per heavy atom. The number of anilines is 1. The van der Waals surface area contributed by atoms with Crippen LogP contribution in [0.2, 0.25) is 0 Å². The van der Waals surface area contributed by atoms with Crippen LogP contribution in [0.15, 0.2) is 15.8 Å². The van der Waals surface area contributed by atoms with Gasteiger partial charge in [-0.05, 0) is 34.7 Å². The normalized spacial score (nSPS) is 24.6. The summed E-state index contributed by atoms with van der Waals surface area (Å²) < 4.78 is 0.991. The van der Waals surface area contributed by atoms with Crippen LogP contribution in [0.4, 0.5) is 5.82 Å². The Bertz CT molecular complexity index is 386. The molecule has 3 nitrogen and oxygen atoms in total. The third kappa shape index (κ3) is 3.35. The minimum atomic E-state index is 0.703. The van der Waals surface area contributed by atoms with Crippen LogP contribution in [0, 0.1) is 5.92 Å². The van der Waals surface area contributed by atoms with Gasteiger partial charge < -0.3 is 5.32 Å². The maximum atomic E-state index is 4.37. The van der Waals surface area contributed by atoms with Crippen molar-refractivity contribution >= 4 is 33.5 Å². The summed E-state index contributed by atoms with van der Waals surface area (Å²) in [7, 11) is 1.88. The summed E-state index contributed by atoms with van der Waals surface area (Å²) >= 11 is 5.46. The number of thioether (sulfide) groups is 1. The molecule has 5 heteroatoms. The van der Waals surface area contributed by atoms with Gasteiger partial charge in [-0.25, -0.2) is 9.97 Å². The molecule has 1 N–H and O–H groups in total. The molecular weight excluding hydrogens is 298 g/mol. The van der Waals surface area contributed by atoms with Crippen LogP contribution in [0.25, 0.3) is 0 Å². The lowest BCUT2D eigenvalue weighted by atomic mass is 9.91. The van der Waals surface area contributed by atoms with Crippen molar-refractivity contribution in [1.82, 2.24) is 9.97 Å². The number of hydrogen-bond donors (Lipinski definition) is 1. The molecule has 0 amide bonds. The fraction of sp³-hybridized carbons (Fsp3) is 0.667. The fourth-order valence-corrected chi connectivity index (χ4v) is 4.27. The van der Waals surface area contributed by atoms with E-state index in [1.807, 2.05) is 18.8 Å². The monoisotopic (exact) mass is 315 g/mol. The molecule has 1 saturated carbocycles. The lowest BCUT2D eigenvalue weighted by Gasteiger charge is -2.26. The van der Waals surface area contributed by atoms with E-state index in [2.05, 4.69) is 38.1 Å². The van der Waals surface area contributed by atoms with Gasteiger partial charge in [0.1, 0.15) is 17.2 Å². The SMILES string of the molecule is CNc1ncnc(SC2CCCC(C)C2)c1Br. The van der Waals surface area contributed by atoms with Gasteiger partial charge in [0.15, 0.2) is 0 Å². The molecule has 0 aliphatic heterocycles. The summed E-state index contributed by atoms with van der Waals surface area (Å²) in [5.74, 6) is 1.72. The zero-order valence-corrected chi connectivity index (χ0v) is 12.6. The van der Waals surface area contributed by atoms with Crippen molar-refractivity contribution in [3.05, 3.63) is 10.8 Å². The maximum Gasteiger partial charge on any atom is 0.144 e. The van der Waals surface area contributed by atoms with Crippen molar-refractivity contribution in [2.45, 2.75) is 42.9 Å². The average Bonchev–Trinajstić information content (AvgIpc) is 2.32. The number of nitrogens with one attached hydrogen (secondary N) is 1. The molecule has 0 aromatic carbocycles. The largest absolute Gasteiger partial charge is 0.372 e. The van der Waals surface area contributed by atoms with Gasteiger partial charge in [-0.15, -0.1) is 11.8 Å². The summed E-state index contributed by atoms with van der Waals surface area (Å²) in [6.45, 7) is 2.35. The van der Waals surface area contributed by atoms with E-state index in [0.717, 1.165) is 21.2 Å². The van der Waals surface area contributed by atoms with Crippen molar-refractivity contribution < 1.29 is 0 Å². The van der Waals surface area contributed by atoms with Crippen LogP contribution in [0.5, 0.6) is 0 Å². The van der Waals surface area contributed by atoms with E-state index in [4.69, 9.17) is 0 Å². The van der Waals surface area contributed by atoms with Gasteiger partial charge >= 0.3 is 0 Å². The Morgan fingerprint density at radius 3 is 2.94 bits per heavy atom. The average molecular weight is 316 g/mol. The smallest absolute Gasteiger partial charge is 0.144 e. The third-order valence-electron chi connectivity index (χ3n) is 3.16. The lowest BCUT2D eigenvalue weighted by Crippen LogP contribution is -2.15. The van der Waals surface area contributed by atoms with Crippen LogP contribution in [-0.4, -0.2) is 22.3 Å². The topological polar surface area (TPSA) is 37.8 Å². The van der Waals surface area contributed by atoms with Gasteiger partial charge in [-0.1, -0.05) is 19.8 Å². The van der Waals surface area contributed by atoms with E-state index in [1.165, 1.54) is 25.7 Å². The van der Waals surface area contributed by atoms with Crippen molar-refractivity contribution in [1.29, 1.82) is 0 Å². The molecule has 2 unspecified atom stereocenters. The first kappa shape index (κ1) is 13.1. The summed E-state index contributed by atoms with van der Waals surface area (Å²) in [6, 6.07) is 0. The molecule has 1 fully saturated rings. The molecule has 2 rings (SSSR count). The first-order valence-corrected chi connectivity index (χ1v) is 7.73. The van der Waals surface area contributed by atoms with Crippen LogP contribution in [0.1, 0.15) is 32.6 Å². The molecule has 1 aliphatic rings. The number of rotatable bonds is 3. The van der Waals surface area contributed by atoms with E-state index in [-0.39, 0.29) is 0 Å². The molecule has 17 heavy (non-hydrogen) atoms. The Balaban J connectivity index is 2.07. The van der Waals surface area contributed by atoms with Crippen molar-refractivity contribution in [3.8, 4) is 0 Å². The van der Waals surface area contributed by atoms with Crippen LogP contribution >= 0.6 is 27.7 Å². The van der Waals surface area contributed by atoms with Gasteiger partial charge in [-0.3, -0.25) is 0 Å². The molecule has 1 aliphatic carbocycles. The van der Waals surface area contributed by atoms with E-state index >= 15 is 0 Å². The molecule has 0 radical (unpaired) electrons. The Kier molecular flexibility index (Phi) is 4.68. The summed E-state index contributed by atoms with van der Waals surface area (Å²) in [6.07, 6.45) is 6.96. The summed E-state index contributed by atoms with van der Waals surface area (Å²) in [4.78, 5) is 8.55. The van der Waals surface area contributed by atoms with Gasteiger partial charge in [0.25, 0.3) is 0 Å². The molecule has 1 aromatic rings. The molecule has 0 saturated heterocycles. The predicted molar refractivity (Wildman–Crippen MR) is 76.6 cm³/mol. The van der Waals surface area contributed by atoms with E-state index < -0.39 is 0 Å². The van der Waals surface area contributed by atoms with Crippen molar-refractivity contribution in [3.63, 3.8) is 0 Å². The second-order valence-corrected chi connectivity index (χ2v) is 6.69. The second-order valence-electron chi connectivity index (χ2n) is 4.60. The zero-order chi connectivity index (χ0) is 12.3. The molecule has 1 aromatic heterocycles. The minimum Gasteiger partial charge on any atom is -0.372 e. The standard InChI is InChI=1S/C12H18BrN3S/c1-8-4-3-5-9(6-8)17-12-10(13)11(14-2)15-7-16-12/h7-9H,3-6H2,1-2H3,(H,14,15,16). The van der Waals surface area contributed by atoms with Crippen molar-refractivity contribution in [2.24, 2.45) is 5.92 Å². The molecule has 94 valence electrons. The van der Waals surface area contributed by atoms with Gasteiger partial charge in [0.2, 0.25) is 0 Å². The molecule has 0 spiro atoms.